The van der Waals surface area contributed by atoms with E-state index in [0.717, 1.165) is 19.3 Å². The van der Waals surface area contributed by atoms with Gasteiger partial charge in [0, 0.05) is 6.42 Å². The fourth-order valence-electron chi connectivity index (χ4n) is 2.59. The van der Waals surface area contributed by atoms with Gasteiger partial charge in [0.25, 0.3) is 0 Å². The number of hydrogen-bond donors (Lipinski definition) is 0. The quantitative estimate of drug-likeness (QED) is 0.608. The molecule has 116 valence electrons. The van der Waals surface area contributed by atoms with Gasteiger partial charge in [-0.1, -0.05) is 26.5 Å². The number of ether oxygens (including phenoxy) is 4. The lowest BCUT2D eigenvalue weighted by Crippen LogP contribution is -2.46. The fraction of sp³-hybridized carbons (Fsp3) is 0.750. The maximum atomic E-state index is 5.98. The van der Waals surface area contributed by atoms with Crippen LogP contribution in [0.5, 0.6) is 0 Å². The summed E-state index contributed by atoms with van der Waals surface area (Å²) >= 11 is 0. The van der Waals surface area contributed by atoms with Crippen LogP contribution in [0.25, 0.3) is 0 Å². The second kappa shape index (κ2) is 7.70. The van der Waals surface area contributed by atoms with E-state index in [4.69, 9.17) is 18.9 Å². The highest BCUT2D eigenvalue weighted by atomic mass is 16.6. The standard InChI is InChI=1S/C16H28O4/c1-6-9-15(4,19-7-2)13-18-14-10-16(5,20-8-3)12-17-11-14/h7-8,14H,2-3,6,9-13H2,1,4-5H3. The van der Waals surface area contributed by atoms with Crippen molar-refractivity contribution in [3.05, 3.63) is 25.7 Å². The zero-order chi connectivity index (χ0) is 15.1. The van der Waals surface area contributed by atoms with Crippen LogP contribution in [0, 0.1) is 0 Å². The average molecular weight is 284 g/mol. The van der Waals surface area contributed by atoms with Gasteiger partial charge >= 0.3 is 0 Å². The summed E-state index contributed by atoms with van der Waals surface area (Å²) in [6, 6.07) is 0. The smallest absolute Gasteiger partial charge is 0.131 e. The molecule has 0 N–H and O–H groups in total. The largest absolute Gasteiger partial charge is 0.493 e. The van der Waals surface area contributed by atoms with Crippen LogP contribution in [0.3, 0.4) is 0 Å². The SMILES string of the molecule is C=COC(C)(CCC)COC1COCC(C)(OC=C)C1. The third kappa shape index (κ3) is 5.17. The first-order valence-electron chi connectivity index (χ1n) is 7.24. The molecule has 0 spiro atoms. The fourth-order valence-corrected chi connectivity index (χ4v) is 2.59. The van der Waals surface area contributed by atoms with Gasteiger partial charge in [0.2, 0.25) is 0 Å². The maximum absolute atomic E-state index is 5.98. The maximum Gasteiger partial charge on any atom is 0.131 e. The summed E-state index contributed by atoms with van der Waals surface area (Å²) in [5.41, 5.74) is -0.686. The molecular formula is C16H28O4. The Kier molecular flexibility index (Phi) is 6.56. The van der Waals surface area contributed by atoms with Gasteiger partial charge < -0.3 is 18.9 Å². The Morgan fingerprint density at radius 1 is 1.40 bits per heavy atom. The summed E-state index contributed by atoms with van der Waals surface area (Å²) in [6.45, 7) is 15.1. The highest BCUT2D eigenvalue weighted by Crippen LogP contribution is 2.27. The number of hydrogen-bond acceptors (Lipinski definition) is 4. The Labute approximate surface area is 122 Å². The average Bonchev–Trinajstić information content (AvgIpc) is 2.37. The third-order valence-electron chi connectivity index (χ3n) is 3.51. The van der Waals surface area contributed by atoms with Crippen LogP contribution < -0.4 is 0 Å². The minimum Gasteiger partial charge on any atom is -0.493 e. The van der Waals surface area contributed by atoms with Crippen LogP contribution in [0.1, 0.15) is 40.0 Å². The predicted molar refractivity (Wildman–Crippen MR) is 79.5 cm³/mol. The molecule has 0 radical (unpaired) electrons. The molecule has 0 bridgehead atoms. The summed E-state index contributed by atoms with van der Waals surface area (Å²) in [6.07, 6.45) is 5.71. The van der Waals surface area contributed by atoms with Crippen molar-refractivity contribution in [1.82, 2.24) is 0 Å². The lowest BCUT2D eigenvalue weighted by Gasteiger charge is -2.38. The molecule has 0 aromatic heterocycles. The van der Waals surface area contributed by atoms with E-state index in [-0.39, 0.29) is 17.3 Å². The summed E-state index contributed by atoms with van der Waals surface area (Å²) in [5.74, 6) is 0. The molecule has 3 unspecified atom stereocenters. The molecule has 0 aromatic carbocycles. The monoisotopic (exact) mass is 284 g/mol. The van der Waals surface area contributed by atoms with Crippen LogP contribution in [0.2, 0.25) is 0 Å². The van der Waals surface area contributed by atoms with E-state index in [1.807, 2.05) is 13.8 Å². The van der Waals surface area contributed by atoms with E-state index in [9.17, 15) is 0 Å². The van der Waals surface area contributed by atoms with E-state index in [1.165, 1.54) is 12.5 Å². The van der Waals surface area contributed by atoms with Gasteiger partial charge in [-0.25, -0.2) is 0 Å². The van der Waals surface area contributed by atoms with Crippen molar-refractivity contribution in [2.75, 3.05) is 19.8 Å². The number of rotatable bonds is 9. The van der Waals surface area contributed by atoms with Gasteiger partial charge in [-0.3, -0.25) is 0 Å². The first kappa shape index (κ1) is 17.1. The summed E-state index contributed by atoms with van der Waals surface area (Å²) in [7, 11) is 0. The molecule has 1 heterocycles. The zero-order valence-electron chi connectivity index (χ0n) is 13.0. The highest BCUT2D eigenvalue weighted by molar-refractivity contribution is 4.86. The van der Waals surface area contributed by atoms with Gasteiger partial charge in [0.1, 0.15) is 11.2 Å². The predicted octanol–water partition coefficient (Wildman–Crippen LogP) is 3.43. The molecule has 1 aliphatic rings. The Morgan fingerprint density at radius 3 is 2.75 bits per heavy atom. The second-order valence-corrected chi connectivity index (χ2v) is 5.87. The minimum absolute atomic E-state index is 0.0123. The Bertz CT molecular complexity index is 318. The summed E-state index contributed by atoms with van der Waals surface area (Å²) in [5, 5.41) is 0. The van der Waals surface area contributed by atoms with Crippen molar-refractivity contribution in [3.63, 3.8) is 0 Å². The molecule has 1 aliphatic heterocycles. The summed E-state index contributed by atoms with van der Waals surface area (Å²) in [4.78, 5) is 0. The molecule has 4 nitrogen and oxygen atoms in total. The molecule has 4 heteroatoms. The van der Waals surface area contributed by atoms with Gasteiger partial charge in [-0.05, 0) is 20.3 Å². The van der Waals surface area contributed by atoms with Crippen molar-refractivity contribution in [1.29, 1.82) is 0 Å². The van der Waals surface area contributed by atoms with Crippen molar-refractivity contribution in [3.8, 4) is 0 Å². The third-order valence-corrected chi connectivity index (χ3v) is 3.51. The van der Waals surface area contributed by atoms with Crippen LogP contribution in [0.4, 0.5) is 0 Å². The molecule has 1 saturated heterocycles. The molecule has 0 aliphatic carbocycles. The van der Waals surface area contributed by atoms with Crippen molar-refractivity contribution in [2.45, 2.75) is 57.3 Å². The molecule has 0 aromatic rings. The van der Waals surface area contributed by atoms with Gasteiger partial charge in [0.15, 0.2) is 0 Å². The molecule has 0 amide bonds. The topological polar surface area (TPSA) is 36.9 Å². The Morgan fingerprint density at radius 2 is 2.15 bits per heavy atom. The summed E-state index contributed by atoms with van der Waals surface area (Å²) < 4.78 is 22.7. The van der Waals surface area contributed by atoms with Crippen LogP contribution in [0.15, 0.2) is 25.7 Å². The molecule has 0 saturated carbocycles. The zero-order valence-corrected chi connectivity index (χ0v) is 13.0. The molecule has 1 fully saturated rings. The van der Waals surface area contributed by atoms with E-state index in [2.05, 4.69) is 20.1 Å². The van der Waals surface area contributed by atoms with E-state index in [0.29, 0.717) is 19.8 Å². The molecule has 1 rings (SSSR count). The van der Waals surface area contributed by atoms with Gasteiger partial charge in [-0.15, -0.1) is 0 Å². The molecule has 3 atom stereocenters. The second-order valence-electron chi connectivity index (χ2n) is 5.87. The van der Waals surface area contributed by atoms with Crippen molar-refractivity contribution >= 4 is 0 Å². The highest BCUT2D eigenvalue weighted by Gasteiger charge is 2.36. The minimum atomic E-state index is -0.356. The lowest BCUT2D eigenvalue weighted by molar-refractivity contribution is -0.163. The van der Waals surface area contributed by atoms with Crippen LogP contribution in [-0.4, -0.2) is 37.1 Å². The first-order valence-corrected chi connectivity index (χ1v) is 7.24. The van der Waals surface area contributed by atoms with Crippen LogP contribution in [-0.2, 0) is 18.9 Å². The van der Waals surface area contributed by atoms with Crippen molar-refractivity contribution in [2.24, 2.45) is 0 Å². The Hall–Kier alpha value is -1.00. The van der Waals surface area contributed by atoms with Crippen molar-refractivity contribution < 1.29 is 18.9 Å². The van der Waals surface area contributed by atoms with Gasteiger partial charge in [0.05, 0.1) is 38.4 Å². The molecule has 20 heavy (non-hydrogen) atoms. The first-order chi connectivity index (χ1) is 9.47. The molecular weight excluding hydrogens is 256 g/mol. The van der Waals surface area contributed by atoms with E-state index in [1.54, 1.807) is 0 Å². The van der Waals surface area contributed by atoms with E-state index >= 15 is 0 Å². The normalized spacial score (nSPS) is 29.2. The van der Waals surface area contributed by atoms with Crippen LogP contribution >= 0.6 is 0 Å². The Balaban J connectivity index is 2.50. The van der Waals surface area contributed by atoms with Gasteiger partial charge in [-0.2, -0.15) is 0 Å². The lowest BCUT2D eigenvalue weighted by atomic mass is 9.96. The van der Waals surface area contributed by atoms with E-state index < -0.39 is 0 Å².